The van der Waals surface area contributed by atoms with Gasteiger partial charge in [-0.2, -0.15) is 0 Å². The van der Waals surface area contributed by atoms with E-state index in [2.05, 4.69) is 0 Å². The summed E-state index contributed by atoms with van der Waals surface area (Å²) in [4.78, 5) is 12.6. The lowest BCUT2D eigenvalue weighted by atomic mass is 9.76. The van der Waals surface area contributed by atoms with E-state index in [4.69, 9.17) is 4.74 Å². The Morgan fingerprint density at radius 1 is 1.22 bits per heavy atom. The lowest BCUT2D eigenvalue weighted by Gasteiger charge is -2.34. The zero-order valence-corrected chi connectivity index (χ0v) is 19.4. The van der Waals surface area contributed by atoms with Crippen LogP contribution in [-0.4, -0.2) is 68.6 Å². The summed E-state index contributed by atoms with van der Waals surface area (Å²) in [7, 11) is 0. The molecule has 180 valence electrons. The second-order valence-electron chi connectivity index (χ2n) is 9.47. The first kappa shape index (κ1) is 26.5. The van der Waals surface area contributed by atoms with Crippen LogP contribution >= 0.6 is 0 Å². The number of esters is 1. The molecule has 1 aliphatic heterocycles. The van der Waals surface area contributed by atoms with Crippen molar-refractivity contribution >= 4 is 5.97 Å². The number of fused-ring (bicyclic) bond motifs is 2. The van der Waals surface area contributed by atoms with Gasteiger partial charge in [0.2, 0.25) is 0 Å². The highest BCUT2D eigenvalue weighted by molar-refractivity contribution is 5.75. The van der Waals surface area contributed by atoms with Crippen molar-refractivity contribution < 1.29 is 35.1 Å². The number of rotatable bonds is 4. The minimum Gasteiger partial charge on any atom is -0.456 e. The molecule has 5 N–H and O–H groups in total. The van der Waals surface area contributed by atoms with Crippen molar-refractivity contribution in [2.24, 2.45) is 5.92 Å². The van der Waals surface area contributed by atoms with Gasteiger partial charge in [-0.25, -0.2) is 4.79 Å². The molecular weight excluding hydrogens is 412 g/mol. The Hall–Kier alpha value is -1.77. The molecule has 0 aromatic heterocycles. The largest absolute Gasteiger partial charge is 0.456 e. The number of cyclic esters (lactones) is 1. The molecule has 0 radical (unpaired) electrons. The van der Waals surface area contributed by atoms with E-state index in [1.807, 2.05) is 32.9 Å². The Morgan fingerprint density at radius 3 is 2.53 bits per heavy atom. The van der Waals surface area contributed by atoms with Gasteiger partial charge in [-0.15, -0.1) is 0 Å². The summed E-state index contributed by atoms with van der Waals surface area (Å²) in [6.07, 6.45) is -3.22. The minimum atomic E-state index is -1.74. The van der Waals surface area contributed by atoms with E-state index in [1.54, 1.807) is 25.1 Å². The van der Waals surface area contributed by atoms with Gasteiger partial charge in [0.1, 0.15) is 6.10 Å². The number of benzene rings is 1. The third kappa shape index (κ3) is 6.62. The van der Waals surface area contributed by atoms with Crippen molar-refractivity contribution in [1.29, 1.82) is 0 Å². The smallest absolute Gasteiger partial charge is 0.338 e. The second kappa shape index (κ2) is 11.4. The average molecular weight is 451 g/mol. The molecular formula is C25H38O7. The fourth-order valence-electron chi connectivity index (χ4n) is 4.01. The number of aliphatic hydroxyl groups excluding tert-OH is 5. The molecule has 6 unspecified atom stereocenters. The quantitative estimate of drug-likeness (QED) is 0.348. The first-order valence-corrected chi connectivity index (χ1v) is 11.3. The zero-order valence-electron chi connectivity index (χ0n) is 19.4. The van der Waals surface area contributed by atoms with Gasteiger partial charge in [0.05, 0.1) is 18.3 Å². The number of carbonyl (C=O) groups excluding carboxylic acids is 1. The molecule has 1 heterocycles. The van der Waals surface area contributed by atoms with Crippen LogP contribution in [0.3, 0.4) is 0 Å². The van der Waals surface area contributed by atoms with Crippen LogP contribution in [0, 0.1) is 5.92 Å². The first-order valence-electron chi connectivity index (χ1n) is 11.3. The Kier molecular flexibility index (Phi) is 9.42. The molecule has 6 atom stereocenters. The number of carbonyl (C=O) groups is 1. The third-order valence-electron chi connectivity index (χ3n) is 6.56. The molecule has 0 aliphatic carbocycles. The number of hydrogen-bond donors (Lipinski definition) is 5. The van der Waals surface area contributed by atoms with Crippen LogP contribution in [0.1, 0.15) is 58.1 Å². The standard InChI is InChI=1S/C25H38O7/c1-5-16(14-26)9-15(2)21-12-19(27)13-22(29)25(3,4)18-8-6-7-17(10-18)11-20(28)23(30)24(31)32-21/h6-10,16,19-23,26-30H,5,11-14H2,1-4H3. The predicted octanol–water partition coefficient (Wildman–Crippen LogP) is 1.62. The molecule has 0 spiro atoms. The van der Waals surface area contributed by atoms with Crippen LogP contribution in [0.15, 0.2) is 35.9 Å². The van der Waals surface area contributed by atoms with Crippen LogP contribution in [-0.2, 0) is 21.4 Å². The molecule has 7 heteroatoms. The third-order valence-corrected chi connectivity index (χ3v) is 6.56. The highest BCUT2D eigenvalue weighted by atomic mass is 16.6. The Balaban J connectivity index is 2.42. The van der Waals surface area contributed by atoms with Gasteiger partial charge in [-0.1, -0.05) is 51.1 Å². The molecule has 2 bridgehead atoms. The molecule has 0 amide bonds. The molecule has 32 heavy (non-hydrogen) atoms. The highest BCUT2D eigenvalue weighted by Gasteiger charge is 2.35. The molecule has 1 aliphatic rings. The Labute approximate surface area is 190 Å². The van der Waals surface area contributed by atoms with E-state index in [-0.39, 0.29) is 31.8 Å². The van der Waals surface area contributed by atoms with Crippen molar-refractivity contribution in [3.05, 3.63) is 47.0 Å². The number of aliphatic hydroxyl groups is 5. The van der Waals surface area contributed by atoms with Crippen LogP contribution in [0.2, 0.25) is 0 Å². The summed E-state index contributed by atoms with van der Waals surface area (Å²) in [6.45, 7) is 7.36. The van der Waals surface area contributed by atoms with Crippen molar-refractivity contribution in [2.45, 2.75) is 89.3 Å². The molecule has 1 aromatic rings. The number of ether oxygens (including phenoxy) is 1. The van der Waals surface area contributed by atoms with Crippen molar-refractivity contribution in [1.82, 2.24) is 0 Å². The summed E-state index contributed by atoms with van der Waals surface area (Å²) in [5.74, 6) is -1.11. The SMILES string of the molecule is CCC(C=C(C)C1CC(O)CC(O)C(C)(C)c2cccc(c2)CC(O)C(O)C(=O)O1)CO. The predicted molar refractivity (Wildman–Crippen MR) is 121 cm³/mol. The molecule has 2 rings (SSSR count). The van der Waals surface area contributed by atoms with Gasteiger partial charge < -0.3 is 30.3 Å². The summed E-state index contributed by atoms with van der Waals surface area (Å²) >= 11 is 0. The van der Waals surface area contributed by atoms with Crippen LogP contribution in [0.5, 0.6) is 0 Å². The van der Waals surface area contributed by atoms with Crippen molar-refractivity contribution in [3.8, 4) is 0 Å². The van der Waals surface area contributed by atoms with Crippen molar-refractivity contribution in [3.63, 3.8) is 0 Å². The summed E-state index contributed by atoms with van der Waals surface area (Å²) < 4.78 is 5.50. The van der Waals surface area contributed by atoms with Gasteiger partial charge in [-0.05, 0) is 30.0 Å². The van der Waals surface area contributed by atoms with Gasteiger partial charge >= 0.3 is 5.97 Å². The molecule has 1 aromatic carbocycles. The monoisotopic (exact) mass is 450 g/mol. The highest BCUT2D eigenvalue weighted by Crippen LogP contribution is 2.32. The van der Waals surface area contributed by atoms with E-state index in [0.29, 0.717) is 17.6 Å². The van der Waals surface area contributed by atoms with Gasteiger partial charge in [0.25, 0.3) is 0 Å². The van der Waals surface area contributed by atoms with Gasteiger partial charge in [-0.3, -0.25) is 0 Å². The van der Waals surface area contributed by atoms with Crippen LogP contribution in [0.4, 0.5) is 0 Å². The second-order valence-corrected chi connectivity index (χ2v) is 9.47. The van der Waals surface area contributed by atoms with Crippen molar-refractivity contribution in [2.75, 3.05) is 6.61 Å². The normalized spacial score (nSPS) is 30.8. The maximum Gasteiger partial charge on any atom is 0.338 e. The van der Waals surface area contributed by atoms with E-state index in [1.165, 1.54) is 0 Å². The summed E-state index contributed by atoms with van der Waals surface area (Å²) in [5.41, 5.74) is 1.50. The van der Waals surface area contributed by atoms with E-state index in [0.717, 1.165) is 5.56 Å². The van der Waals surface area contributed by atoms with E-state index >= 15 is 0 Å². The maximum atomic E-state index is 12.6. The van der Waals surface area contributed by atoms with E-state index < -0.39 is 41.9 Å². The lowest BCUT2D eigenvalue weighted by molar-refractivity contribution is -0.164. The fourth-order valence-corrected chi connectivity index (χ4v) is 4.01. The zero-order chi connectivity index (χ0) is 24.1. The minimum absolute atomic E-state index is 0.0198. The fraction of sp³-hybridized carbons (Fsp3) is 0.640. The molecule has 0 fully saturated rings. The summed E-state index contributed by atoms with van der Waals surface area (Å²) in [6, 6.07) is 7.29. The van der Waals surface area contributed by atoms with E-state index in [9.17, 15) is 30.3 Å². The first-order chi connectivity index (χ1) is 15.0. The Bertz CT molecular complexity index is 784. The van der Waals surface area contributed by atoms with Gasteiger partial charge in [0, 0.05) is 37.2 Å². The lowest BCUT2D eigenvalue weighted by Crippen LogP contribution is -2.41. The molecule has 0 saturated carbocycles. The molecule has 0 saturated heterocycles. The number of hydrogen-bond acceptors (Lipinski definition) is 7. The maximum absolute atomic E-state index is 12.6. The van der Waals surface area contributed by atoms with Crippen LogP contribution in [0.25, 0.3) is 0 Å². The van der Waals surface area contributed by atoms with Crippen LogP contribution < -0.4 is 0 Å². The van der Waals surface area contributed by atoms with Gasteiger partial charge in [0.15, 0.2) is 6.10 Å². The topological polar surface area (TPSA) is 127 Å². The Morgan fingerprint density at radius 2 is 1.91 bits per heavy atom. The molecule has 7 nitrogen and oxygen atoms in total. The summed E-state index contributed by atoms with van der Waals surface area (Å²) in [5, 5.41) is 52.0. The average Bonchev–Trinajstić information content (AvgIpc) is 2.75.